The van der Waals surface area contributed by atoms with Gasteiger partial charge in [0.25, 0.3) is 0 Å². The molecule has 2 aromatic carbocycles. The summed E-state index contributed by atoms with van der Waals surface area (Å²) in [5, 5.41) is 13.0. The lowest BCUT2D eigenvalue weighted by Gasteiger charge is -2.26. The van der Waals surface area contributed by atoms with E-state index in [2.05, 4.69) is 29.2 Å². The first-order valence-corrected chi connectivity index (χ1v) is 11.6. The summed E-state index contributed by atoms with van der Waals surface area (Å²) in [5.41, 5.74) is 1.23. The molecule has 1 saturated carbocycles. The summed E-state index contributed by atoms with van der Waals surface area (Å²) in [4.78, 5) is 28.0. The fourth-order valence-electron chi connectivity index (χ4n) is 5.22. The Kier molecular flexibility index (Phi) is 6.06. The third-order valence-corrected chi connectivity index (χ3v) is 6.95. The highest BCUT2D eigenvalue weighted by atomic mass is 16.5. The number of likely N-dealkylation sites (tertiary alicyclic amines) is 1. The molecule has 0 radical (unpaired) electrons. The normalized spacial score (nSPS) is 21.6. The van der Waals surface area contributed by atoms with E-state index in [0.29, 0.717) is 31.0 Å². The number of aromatic nitrogens is 2. The first-order chi connectivity index (χ1) is 16.5. The van der Waals surface area contributed by atoms with Gasteiger partial charge in [0.05, 0.1) is 18.0 Å². The molecule has 1 aliphatic carbocycles. The third-order valence-electron chi connectivity index (χ3n) is 6.95. The zero-order chi connectivity index (χ0) is 23.7. The Balaban J connectivity index is 1.15. The summed E-state index contributed by atoms with van der Waals surface area (Å²) in [6.07, 6.45) is 4.59. The molecule has 8 nitrogen and oxygen atoms in total. The number of carboxylic acid groups (broad SMARTS) is 1. The third kappa shape index (κ3) is 4.68. The van der Waals surface area contributed by atoms with Crippen LogP contribution in [0.4, 0.5) is 4.79 Å². The lowest BCUT2D eigenvalue weighted by molar-refractivity contribution is 0.0697. The van der Waals surface area contributed by atoms with Crippen LogP contribution < -0.4 is 4.74 Å². The first-order valence-electron chi connectivity index (χ1n) is 11.6. The second-order valence-electron chi connectivity index (χ2n) is 9.29. The Hall–Kier alpha value is -3.65. The van der Waals surface area contributed by atoms with Gasteiger partial charge in [-0.3, -0.25) is 4.90 Å². The highest BCUT2D eigenvalue weighted by molar-refractivity contribution is 5.88. The van der Waals surface area contributed by atoms with E-state index in [1.165, 1.54) is 18.0 Å². The summed E-state index contributed by atoms with van der Waals surface area (Å²) in [5.74, 6) is 1.49. The summed E-state index contributed by atoms with van der Waals surface area (Å²) >= 11 is 0. The van der Waals surface area contributed by atoms with E-state index < -0.39 is 5.97 Å². The minimum Gasteiger partial charge on any atom is -0.478 e. The molecule has 5 rings (SSSR count). The molecule has 176 valence electrons. The van der Waals surface area contributed by atoms with Crippen LogP contribution in [0.1, 0.15) is 28.8 Å². The Bertz CT molecular complexity index is 1160. The van der Waals surface area contributed by atoms with Gasteiger partial charge in [-0.2, -0.15) is 9.78 Å². The molecule has 2 heterocycles. The molecule has 1 N–H and O–H groups in total. The average molecular weight is 461 g/mol. The van der Waals surface area contributed by atoms with Crippen LogP contribution in [0.25, 0.3) is 0 Å². The number of carboxylic acids is 1. The number of ether oxygens (including phenoxy) is 1. The van der Waals surface area contributed by atoms with E-state index >= 15 is 0 Å². The van der Waals surface area contributed by atoms with Gasteiger partial charge >= 0.3 is 12.0 Å². The van der Waals surface area contributed by atoms with Gasteiger partial charge in [0.2, 0.25) is 0 Å². The van der Waals surface area contributed by atoms with E-state index in [1.54, 1.807) is 4.90 Å². The Morgan fingerprint density at radius 3 is 2.44 bits per heavy atom. The van der Waals surface area contributed by atoms with Crippen molar-refractivity contribution in [2.24, 2.45) is 11.8 Å². The molecule has 2 fully saturated rings. The van der Waals surface area contributed by atoms with E-state index in [1.807, 2.05) is 42.5 Å². The molecular formula is C26H28N4O4. The van der Waals surface area contributed by atoms with Crippen LogP contribution >= 0.6 is 0 Å². The highest BCUT2D eigenvalue weighted by Gasteiger charge is 2.43. The van der Waals surface area contributed by atoms with Crippen LogP contribution in [0.5, 0.6) is 11.5 Å². The Labute approximate surface area is 198 Å². The summed E-state index contributed by atoms with van der Waals surface area (Å²) in [6.45, 7) is 2.22. The number of para-hydroxylation sites is 1. The topological polar surface area (TPSA) is 87.9 Å². The highest BCUT2D eigenvalue weighted by Crippen LogP contribution is 2.40. The lowest BCUT2D eigenvalue weighted by atomic mass is 10.0. The SMILES string of the molecule is CN(Cc1cccc(Oc2ccccc2)c1)C1C[C@@H]2CN(C(=O)n3cc(C(=O)O)cn3)C[C@@H]2C1. The molecular weight excluding hydrogens is 432 g/mol. The van der Waals surface area contributed by atoms with Crippen molar-refractivity contribution in [1.29, 1.82) is 0 Å². The fourth-order valence-corrected chi connectivity index (χ4v) is 5.22. The van der Waals surface area contributed by atoms with Gasteiger partial charge in [-0.05, 0) is 61.6 Å². The molecule has 1 amide bonds. The van der Waals surface area contributed by atoms with E-state index in [9.17, 15) is 9.59 Å². The average Bonchev–Trinajstić information content (AvgIpc) is 3.55. The molecule has 8 heteroatoms. The van der Waals surface area contributed by atoms with Gasteiger partial charge in [-0.25, -0.2) is 9.59 Å². The second kappa shape index (κ2) is 9.30. The van der Waals surface area contributed by atoms with Crippen molar-refractivity contribution in [3.05, 3.63) is 78.1 Å². The predicted molar refractivity (Wildman–Crippen MR) is 126 cm³/mol. The molecule has 0 bridgehead atoms. The number of carbonyl (C=O) groups excluding carboxylic acids is 1. The van der Waals surface area contributed by atoms with Gasteiger partial charge in [0, 0.05) is 25.7 Å². The van der Waals surface area contributed by atoms with Gasteiger partial charge in [0.1, 0.15) is 11.5 Å². The molecule has 2 aliphatic rings. The zero-order valence-electron chi connectivity index (χ0n) is 19.1. The summed E-state index contributed by atoms with van der Waals surface area (Å²) in [6, 6.07) is 18.2. The maximum atomic E-state index is 12.7. The molecule has 1 unspecified atom stereocenters. The minimum absolute atomic E-state index is 0.0210. The van der Waals surface area contributed by atoms with Crippen LogP contribution in [0.2, 0.25) is 0 Å². The second-order valence-corrected chi connectivity index (χ2v) is 9.29. The quantitative estimate of drug-likeness (QED) is 0.594. The number of rotatable bonds is 6. The lowest BCUT2D eigenvalue weighted by Crippen LogP contribution is -2.36. The fraction of sp³-hybridized carbons (Fsp3) is 0.346. The van der Waals surface area contributed by atoms with Gasteiger partial charge in [-0.1, -0.05) is 30.3 Å². The number of carbonyl (C=O) groups is 2. The van der Waals surface area contributed by atoms with Crippen molar-refractivity contribution in [2.45, 2.75) is 25.4 Å². The van der Waals surface area contributed by atoms with Crippen LogP contribution in [0, 0.1) is 11.8 Å². The van der Waals surface area contributed by atoms with Crippen molar-refractivity contribution < 1.29 is 19.4 Å². The molecule has 1 aromatic heterocycles. The number of benzene rings is 2. The molecule has 1 saturated heterocycles. The monoisotopic (exact) mass is 460 g/mol. The van der Waals surface area contributed by atoms with Crippen molar-refractivity contribution >= 4 is 12.0 Å². The molecule has 34 heavy (non-hydrogen) atoms. The number of fused-ring (bicyclic) bond motifs is 1. The molecule has 3 atom stereocenters. The number of amides is 1. The van der Waals surface area contributed by atoms with Gasteiger partial charge in [0.15, 0.2) is 0 Å². The van der Waals surface area contributed by atoms with Gasteiger partial charge < -0.3 is 14.7 Å². The first kappa shape index (κ1) is 22.2. The number of hydrogen-bond donors (Lipinski definition) is 1. The molecule has 0 spiro atoms. The summed E-state index contributed by atoms with van der Waals surface area (Å²) < 4.78 is 7.11. The van der Waals surface area contributed by atoms with Crippen molar-refractivity contribution in [2.75, 3.05) is 20.1 Å². The number of hydrogen-bond acceptors (Lipinski definition) is 5. The van der Waals surface area contributed by atoms with Crippen LogP contribution in [-0.4, -0.2) is 62.9 Å². The zero-order valence-corrected chi connectivity index (χ0v) is 19.1. The standard InChI is InChI=1S/C26H28N4O4/c1-28(14-18-6-5-9-24(10-18)34-23-7-3-2-4-8-23)22-11-19-15-29(16-20(19)12-22)26(33)30-17-21(13-27-30)25(31)32/h2-10,13,17,19-20,22H,11-12,14-16H2,1H3,(H,31,32)/t19-,20+,22?. The maximum Gasteiger partial charge on any atom is 0.344 e. The minimum atomic E-state index is -1.08. The Morgan fingerprint density at radius 2 is 1.76 bits per heavy atom. The van der Waals surface area contributed by atoms with Crippen LogP contribution in [0.15, 0.2) is 67.0 Å². The molecule has 3 aromatic rings. The molecule has 1 aliphatic heterocycles. The number of nitrogens with zero attached hydrogens (tertiary/aromatic N) is 4. The maximum absolute atomic E-state index is 12.7. The van der Waals surface area contributed by atoms with E-state index in [4.69, 9.17) is 9.84 Å². The largest absolute Gasteiger partial charge is 0.478 e. The van der Waals surface area contributed by atoms with Gasteiger partial charge in [-0.15, -0.1) is 0 Å². The van der Waals surface area contributed by atoms with E-state index in [0.717, 1.165) is 35.6 Å². The van der Waals surface area contributed by atoms with Crippen molar-refractivity contribution in [3.8, 4) is 11.5 Å². The van der Waals surface area contributed by atoms with E-state index in [-0.39, 0.29) is 11.6 Å². The smallest absolute Gasteiger partial charge is 0.344 e. The number of aromatic carboxylic acids is 1. The summed E-state index contributed by atoms with van der Waals surface area (Å²) in [7, 11) is 2.16. The van der Waals surface area contributed by atoms with Crippen molar-refractivity contribution in [1.82, 2.24) is 19.6 Å². The predicted octanol–water partition coefficient (Wildman–Crippen LogP) is 4.18. The van der Waals surface area contributed by atoms with Crippen LogP contribution in [0.3, 0.4) is 0 Å². The van der Waals surface area contributed by atoms with Crippen LogP contribution in [-0.2, 0) is 6.54 Å². The Morgan fingerprint density at radius 1 is 1.06 bits per heavy atom. The van der Waals surface area contributed by atoms with Crippen molar-refractivity contribution in [3.63, 3.8) is 0 Å².